The number of hydrogen-bond donors (Lipinski definition) is 1. The number of nitrogens with zero attached hydrogens (tertiary/aromatic N) is 3. The second kappa shape index (κ2) is 8.08. The van der Waals surface area contributed by atoms with Crippen LogP contribution in [0.5, 0.6) is 0 Å². The summed E-state index contributed by atoms with van der Waals surface area (Å²) in [4.78, 5) is 22.1. The third kappa shape index (κ3) is 4.25. The van der Waals surface area contributed by atoms with E-state index < -0.39 is 0 Å². The van der Waals surface area contributed by atoms with Gasteiger partial charge >= 0.3 is 0 Å². The number of anilines is 1. The number of nitrogens with one attached hydrogen (secondary N) is 1. The van der Waals surface area contributed by atoms with Gasteiger partial charge in [-0.25, -0.2) is 4.39 Å². The summed E-state index contributed by atoms with van der Waals surface area (Å²) in [6.07, 6.45) is 2.54. The van der Waals surface area contributed by atoms with Crippen molar-refractivity contribution in [3.8, 4) is 0 Å². The lowest BCUT2D eigenvalue weighted by atomic mass is 9.88. The molecule has 1 aromatic heterocycles. The summed E-state index contributed by atoms with van der Waals surface area (Å²) >= 11 is 0. The summed E-state index contributed by atoms with van der Waals surface area (Å²) in [5, 5.41) is 3.42. The van der Waals surface area contributed by atoms with Gasteiger partial charge in [0.15, 0.2) is 0 Å². The molecule has 4 rings (SSSR count). The standard InChI is InChI=1S/C24H31FN4O/c1-16-9-19(25)6-5-18(16)10-20-11-22-21(12-27-20)24(3,4)15-29(22)23(30)14-28-8-7-26-17(2)13-28/h5-6,9,11-12,17,26H,7-8,10,13-15H2,1-4H3. The van der Waals surface area contributed by atoms with E-state index in [2.05, 4.69) is 36.0 Å². The van der Waals surface area contributed by atoms with Gasteiger partial charge in [-0.1, -0.05) is 19.9 Å². The van der Waals surface area contributed by atoms with Gasteiger partial charge in [-0.2, -0.15) is 0 Å². The van der Waals surface area contributed by atoms with Crippen LogP contribution in [0.15, 0.2) is 30.5 Å². The van der Waals surface area contributed by atoms with Gasteiger partial charge in [0.2, 0.25) is 5.91 Å². The second-order valence-corrected chi connectivity index (χ2v) is 9.39. The molecule has 0 spiro atoms. The smallest absolute Gasteiger partial charge is 0.241 e. The maximum atomic E-state index is 13.4. The lowest BCUT2D eigenvalue weighted by molar-refractivity contribution is -0.120. The van der Waals surface area contributed by atoms with E-state index in [4.69, 9.17) is 0 Å². The first-order valence-electron chi connectivity index (χ1n) is 10.7. The quantitative estimate of drug-likeness (QED) is 0.842. The predicted octanol–water partition coefficient (Wildman–Crippen LogP) is 3.04. The molecule has 1 atom stereocenters. The van der Waals surface area contributed by atoms with E-state index in [0.717, 1.165) is 47.7 Å². The minimum absolute atomic E-state index is 0.126. The topological polar surface area (TPSA) is 48.5 Å². The number of halogens is 1. The fourth-order valence-corrected chi connectivity index (χ4v) is 4.60. The molecule has 0 saturated carbocycles. The van der Waals surface area contributed by atoms with Gasteiger partial charge < -0.3 is 10.2 Å². The molecule has 0 bridgehead atoms. The Kier molecular flexibility index (Phi) is 5.64. The number of aryl methyl sites for hydroxylation is 1. The normalized spacial score (nSPS) is 21.0. The Morgan fingerprint density at radius 2 is 2.13 bits per heavy atom. The minimum atomic E-state index is -0.223. The first kappa shape index (κ1) is 20.9. The number of rotatable bonds is 4. The summed E-state index contributed by atoms with van der Waals surface area (Å²) < 4.78 is 13.4. The van der Waals surface area contributed by atoms with Crippen LogP contribution in [0.25, 0.3) is 0 Å². The van der Waals surface area contributed by atoms with Crippen LogP contribution < -0.4 is 10.2 Å². The van der Waals surface area contributed by atoms with Crippen LogP contribution in [-0.4, -0.2) is 54.6 Å². The number of aromatic nitrogens is 1. The molecule has 1 aromatic carbocycles. The number of piperazine rings is 1. The average Bonchev–Trinajstić information content (AvgIpc) is 2.95. The molecule has 6 heteroatoms. The van der Waals surface area contributed by atoms with Crippen molar-refractivity contribution in [1.29, 1.82) is 0 Å². The van der Waals surface area contributed by atoms with Crippen LogP contribution in [0.2, 0.25) is 0 Å². The third-order valence-corrected chi connectivity index (χ3v) is 6.30. The van der Waals surface area contributed by atoms with Gasteiger partial charge in [-0.3, -0.25) is 14.7 Å². The van der Waals surface area contributed by atoms with Crippen molar-refractivity contribution in [3.05, 3.63) is 58.7 Å². The highest BCUT2D eigenvalue weighted by Crippen LogP contribution is 2.40. The van der Waals surface area contributed by atoms with E-state index in [1.807, 2.05) is 30.2 Å². The molecule has 30 heavy (non-hydrogen) atoms. The molecule has 1 unspecified atom stereocenters. The number of amides is 1. The highest BCUT2D eigenvalue weighted by Gasteiger charge is 2.39. The zero-order chi connectivity index (χ0) is 21.5. The highest BCUT2D eigenvalue weighted by molar-refractivity contribution is 5.97. The summed E-state index contributed by atoms with van der Waals surface area (Å²) in [7, 11) is 0. The zero-order valence-electron chi connectivity index (χ0n) is 18.3. The summed E-state index contributed by atoms with van der Waals surface area (Å²) in [5.41, 5.74) is 4.82. The molecule has 0 radical (unpaired) electrons. The third-order valence-electron chi connectivity index (χ3n) is 6.30. The fourth-order valence-electron chi connectivity index (χ4n) is 4.60. The molecule has 1 N–H and O–H groups in total. The van der Waals surface area contributed by atoms with E-state index in [1.54, 1.807) is 6.07 Å². The summed E-state index contributed by atoms with van der Waals surface area (Å²) in [5.74, 6) is -0.0787. The summed E-state index contributed by atoms with van der Waals surface area (Å²) in [6.45, 7) is 12.2. The molecular weight excluding hydrogens is 379 g/mol. The van der Waals surface area contributed by atoms with Crippen LogP contribution in [0.1, 0.15) is 43.2 Å². The highest BCUT2D eigenvalue weighted by atomic mass is 19.1. The SMILES string of the molecule is Cc1cc(F)ccc1Cc1cc2c(cn1)C(C)(C)CN2C(=O)CN1CCNC(C)C1. The first-order valence-corrected chi connectivity index (χ1v) is 10.7. The number of carbonyl (C=O) groups excluding carboxylic acids is 1. The van der Waals surface area contributed by atoms with Crippen molar-refractivity contribution < 1.29 is 9.18 Å². The van der Waals surface area contributed by atoms with Gasteiger partial charge in [0, 0.05) is 61.5 Å². The molecule has 2 aromatic rings. The van der Waals surface area contributed by atoms with Gasteiger partial charge in [-0.15, -0.1) is 0 Å². The van der Waals surface area contributed by atoms with Crippen LogP contribution in [0, 0.1) is 12.7 Å². The molecule has 5 nitrogen and oxygen atoms in total. The minimum Gasteiger partial charge on any atom is -0.312 e. The predicted molar refractivity (Wildman–Crippen MR) is 117 cm³/mol. The Morgan fingerprint density at radius 3 is 2.87 bits per heavy atom. The summed E-state index contributed by atoms with van der Waals surface area (Å²) in [6, 6.07) is 7.31. The van der Waals surface area contributed by atoms with Crippen LogP contribution in [0.3, 0.4) is 0 Å². The maximum Gasteiger partial charge on any atom is 0.241 e. The number of pyridine rings is 1. The Morgan fingerprint density at radius 1 is 1.33 bits per heavy atom. The van der Waals surface area contributed by atoms with Gasteiger partial charge in [0.1, 0.15) is 5.82 Å². The number of carbonyl (C=O) groups is 1. The molecule has 1 saturated heterocycles. The molecule has 2 aliphatic rings. The van der Waals surface area contributed by atoms with Crippen molar-refractivity contribution in [2.24, 2.45) is 0 Å². The molecule has 1 amide bonds. The fraction of sp³-hybridized carbons (Fsp3) is 0.500. The van der Waals surface area contributed by atoms with Gasteiger partial charge in [-0.05, 0) is 43.2 Å². The van der Waals surface area contributed by atoms with Gasteiger partial charge in [0.25, 0.3) is 0 Å². The molecule has 1 fully saturated rings. The van der Waals surface area contributed by atoms with E-state index in [0.29, 0.717) is 25.6 Å². The largest absolute Gasteiger partial charge is 0.312 e. The molecule has 160 valence electrons. The van der Waals surface area contributed by atoms with Crippen molar-refractivity contribution in [3.63, 3.8) is 0 Å². The number of fused-ring (bicyclic) bond motifs is 1. The van der Waals surface area contributed by atoms with Gasteiger partial charge in [0.05, 0.1) is 12.2 Å². The molecular formula is C24H31FN4O. The van der Waals surface area contributed by atoms with Crippen molar-refractivity contribution in [1.82, 2.24) is 15.2 Å². The van der Waals surface area contributed by atoms with Crippen LogP contribution in [-0.2, 0) is 16.6 Å². The average molecular weight is 411 g/mol. The Balaban J connectivity index is 1.57. The van der Waals surface area contributed by atoms with E-state index in [9.17, 15) is 9.18 Å². The van der Waals surface area contributed by atoms with Crippen molar-refractivity contribution in [2.75, 3.05) is 37.6 Å². The monoisotopic (exact) mass is 410 g/mol. The van der Waals surface area contributed by atoms with E-state index >= 15 is 0 Å². The molecule has 2 aliphatic heterocycles. The van der Waals surface area contributed by atoms with Crippen LogP contribution in [0.4, 0.5) is 10.1 Å². The number of benzene rings is 1. The lowest BCUT2D eigenvalue weighted by Gasteiger charge is -2.32. The second-order valence-electron chi connectivity index (χ2n) is 9.39. The Labute approximate surface area is 178 Å². The van der Waals surface area contributed by atoms with Crippen molar-refractivity contribution >= 4 is 11.6 Å². The molecule has 0 aliphatic carbocycles. The van der Waals surface area contributed by atoms with Crippen molar-refractivity contribution in [2.45, 2.75) is 45.6 Å². The van der Waals surface area contributed by atoms with E-state index in [1.165, 1.54) is 6.07 Å². The Hall–Kier alpha value is -2.31. The Bertz CT molecular complexity index is 958. The maximum absolute atomic E-state index is 13.4. The molecule has 3 heterocycles. The first-order chi connectivity index (χ1) is 14.2. The van der Waals surface area contributed by atoms with Crippen LogP contribution >= 0.6 is 0 Å². The number of hydrogen-bond acceptors (Lipinski definition) is 4. The van der Waals surface area contributed by atoms with E-state index in [-0.39, 0.29) is 17.1 Å². The lowest BCUT2D eigenvalue weighted by Crippen LogP contribution is -2.52. The zero-order valence-corrected chi connectivity index (χ0v) is 18.3.